The first-order valence-electron chi connectivity index (χ1n) is 7.64. The Hall–Kier alpha value is -2.69. The maximum Gasteiger partial charge on any atom is 0.234 e. The van der Waals surface area contributed by atoms with Gasteiger partial charge in [-0.15, -0.1) is 0 Å². The highest BCUT2D eigenvalue weighted by Crippen LogP contribution is 2.43. The van der Waals surface area contributed by atoms with Crippen molar-refractivity contribution < 1.29 is 9.26 Å². The van der Waals surface area contributed by atoms with Gasteiger partial charge in [-0.05, 0) is 32.0 Å². The van der Waals surface area contributed by atoms with Crippen LogP contribution in [0.1, 0.15) is 37.6 Å². The molecule has 1 atom stereocenters. The van der Waals surface area contributed by atoms with Gasteiger partial charge in [0.2, 0.25) is 11.7 Å². The minimum Gasteiger partial charge on any atom is -0.488 e. The Morgan fingerprint density at radius 1 is 1.09 bits per heavy atom. The second-order valence-electron chi connectivity index (χ2n) is 6.35. The van der Waals surface area contributed by atoms with E-state index in [4.69, 9.17) is 9.26 Å². The molecule has 116 valence electrons. The van der Waals surface area contributed by atoms with E-state index in [0.717, 1.165) is 23.3 Å². The van der Waals surface area contributed by atoms with Gasteiger partial charge in [0.1, 0.15) is 11.4 Å². The van der Waals surface area contributed by atoms with Crippen molar-refractivity contribution in [3.05, 3.63) is 60.2 Å². The molecule has 1 unspecified atom stereocenters. The zero-order chi connectivity index (χ0) is 15.9. The summed E-state index contributed by atoms with van der Waals surface area (Å²) in [6.45, 7) is 4.16. The van der Waals surface area contributed by atoms with Crippen molar-refractivity contribution >= 4 is 0 Å². The maximum atomic E-state index is 6.06. The first-order valence-corrected chi connectivity index (χ1v) is 7.64. The van der Waals surface area contributed by atoms with Gasteiger partial charge in [-0.2, -0.15) is 4.98 Å². The van der Waals surface area contributed by atoms with Crippen molar-refractivity contribution in [2.45, 2.75) is 31.8 Å². The van der Waals surface area contributed by atoms with Crippen LogP contribution in [0.25, 0.3) is 11.4 Å². The minimum absolute atomic E-state index is 0.0398. The molecule has 3 aromatic rings. The van der Waals surface area contributed by atoms with Crippen LogP contribution in [0.2, 0.25) is 0 Å². The zero-order valence-corrected chi connectivity index (χ0v) is 13.1. The number of hydrogen-bond acceptors (Lipinski definition) is 5. The number of rotatable bonds is 2. The Kier molecular flexibility index (Phi) is 3.15. The summed E-state index contributed by atoms with van der Waals surface area (Å²) in [7, 11) is 0. The first kappa shape index (κ1) is 13.9. The van der Waals surface area contributed by atoms with Gasteiger partial charge >= 0.3 is 0 Å². The number of hydrogen-bond donors (Lipinski definition) is 0. The van der Waals surface area contributed by atoms with Crippen LogP contribution in [0.15, 0.2) is 53.3 Å². The summed E-state index contributed by atoms with van der Waals surface area (Å²) in [5.41, 5.74) is 1.72. The quantitative estimate of drug-likeness (QED) is 0.720. The summed E-state index contributed by atoms with van der Waals surface area (Å²) in [4.78, 5) is 8.62. The molecule has 4 rings (SSSR count). The van der Waals surface area contributed by atoms with E-state index >= 15 is 0 Å². The molecule has 5 nitrogen and oxygen atoms in total. The number of aromatic nitrogens is 3. The van der Waals surface area contributed by atoms with E-state index in [1.807, 2.05) is 30.3 Å². The highest BCUT2D eigenvalue weighted by Gasteiger charge is 2.37. The Morgan fingerprint density at radius 3 is 2.70 bits per heavy atom. The van der Waals surface area contributed by atoms with E-state index < -0.39 is 0 Å². The fourth-order valence-electron chi connectivity index (χ4n) is 3.02. The topological polar surface area (TPSA) is 61.0 Å². The molecular weight excluding hydrogens is 290 g/mol. The fourth-order valence-corrected chi connectivity index (χ4v) is 3.02. The van der Waals surface area contributed by atoms with Crippen molar-refractivity contribution in [2.75, 3.05) is 0 Å². The summed E-state index contributed by atoms with van der Waals surface area (Å²) in [6, 6.07) is 11.8. The molecule has 2 aromatic heterocycles. The molecule has 0 aliphatic carbocycles. The predicted molar refractivity (Wildman–Crippen MR) is 85.1 cm³/mol. The molecule has 0 saturated heterocycles. The van der Waals surface area contributed by atoms with Crippen molar-refractivity contribution in [1.29, 1.82) is 0 Å². The second kappa shape index (κ2) is 5.19. The second-order valence-corrected chi connectivity index (χ2v) is 6.35. The normalized spacial score (nSPS) is 19.0. The average molecular weight is 307 g/mol. The van der Waals surface area contributed by atoms with E-state index in [-0.39, 0.29) is 11.5 Å². The van der Waals surface area contributed by atoms with Gasteiger partial charge in [-0.3, -0.25) is 4.98 Å². The van der Waals surface area contributed by atoms with Crippen LogP contribution in [0.4, 0.5) is 0 Å². The number of nitrogens with zero attached hydrogens (tertiary/aromatic N) is 3. The van der Waals surface area contributed by atoms with Crippen LogP contribution >= 0.6 is 0 Å². The lowest BCUT2D eigenvalue weighted by atomic mass is 9.84. The summed E-state index contributed by atoms with van der Waals surface area (Å²) < 4.78 is 11.6. The van der Waals surface area contributed by atoms with Crippen molar-refractivity contribution in [3.8, 4) is 17.1 Å². The SMILES string of the molecule is CC1(C)CC(c2nc(-c3ccncc3)no2)c2ccccc2O1. The van der Waals surface area contributed by atoms with Crippen LogP contribution in [-0.2, 0) is 0 Å². The monoisotopic (exact) mass is 307 g/mol. The maximum absolute atomic E-state index is 6.06. The number of fused-ring (bicyclic) bond motifs is 1. The highest BCUT2D eigenvalue weighted by molar-refractivity contribution is 5.53. The van der Waals surface area contributed by atoms with Crippen molar-refractivity contribution in [3.63, 3.8) is 0 Å². The van der Waals surface area contributed by atoms with Gasteiger partial charge in [0.05, 0.1) is 5.92 Å². The minimum atomic E-state index is -0.273. The third kappa shape index (κ3) is 2.59. The highest BCUT2D eigenvalue weighted by atomic mass is 16.5. The summed E-state index contributed by atoms with van der Waals surface area (Å²) in [5, 5.41) is 4.13. The lowest BCUT2D eigenvalue weighted by Gasteiger charge is -2.36. The van der Waals surface area contributed by atoms with Gasteiger partial charge in [0, 0.05) is 29.9 Å². The van der Waals surface area contributed by atoms with E-state index in [0.29, 0.717) is 11.7 Å². The van der Waals surface area contributed by atoms with Crippen LogP contribution in [-0.4, -0.2) is 20.7 Å². The van der Waals surface area contributed by atoms with Gasteiger partial charge in [-0.1, -0.05) is 23.4 Å². The molecule has 0 radical (unpaired) electrons. The molecule has 1 aliphatic heterocycles. The Labute approximate surface area is 134 Å². The van der Waals surface area contributed by atoms with Crippen LogP contribution in [0, 0.1) is 0 Å². The van der Waals surface area contributed by atoms with Crippen LogP contribution in [0.3, 0.4) is 0 Å². The Balaban J connectivity index is 1.75. The molecule has 0 amide bonds. The summed E-state index contributed by atoms with van der Waals surface area (Å²) >= 11 is 0. The number of para-hydroxylation sites is 1. The summed E-state index contributed by atoms with van der Waals surface area (Å²) in [6.07, 6.45) is 4.23. The predicted octanol–water partition coefficient (Wildman–Crippen LogP) is 3.82. The molecule has 1 aliphatic rings. The fraction of sp³-hybridized carbons (Fsp3) is 0.278. The van der Waals surface area contributed by atoms with Crippen LogP contribution < -0.4 is 4.74 Å². The summed E-state index contributed by atoms with van der Waals surface area (Å²) in [5.74, 6) is 2.14. The number of benzene rings is 1. The Bertz CT molecular complexity index is 827. The molecule has 0 N–H and O–H groups in total. The average Bonchev–Trinajstić information content (AvgIpc) is 3.04. The molecule has 23 heavy (non-hydrogen) atoms. The largest absolute Gasteiger partial charge is 0.488 e. The van der Waals surface area contributed by atoms with Crippen LogP contribution in [0.5, 0.6) is 5.75 Å². The van der Waals surface area contributed by atoms with Gasteiger partial charge in [0.15, 0.2) is 0 Å². The molecular formula is C18H17N3O2. The van der Waals surface area contributed by atoms with E-state index in [9.17, 15) is 0 Å². The number of ether oxygens (including phenoxy) is 1. The lowest BCUT2D eigenvalue weighted by molar-refractivity contribution is 0.0725. The third-order valence-corrected chi connectivity index (χ3v) is 4.05. The zero-order valence-electron chi connectivity index (χ0n) is 13.1. The Morgan fingerprint density at radius 2 is 1.87 bits per heavy atom. The molecule has 0 bridgehead atoms. The van der Waals surface area contributed by atoms with Gasteiger partial charge in [-0.25, -0.2) is 0 Å². The van der Waals surface area contributed by atoms with Gasteiger partial charge in [0.25, 0.3) is 0 Å². The lowest BCUT2D eigenvalue weighted by Crippen LogP contribution is -2.35. The standard InChI is InChI=1S/C18H17N3O2/c1-18(2)11-14(13-5-3-4-6-15(13)22-18)17-20-16(21-23-17)12-7-9-19-10-8-12/h3-10,14H,11H2,1-2H3. The van der Waals surface area contributed by atoms with Crippen molar-refractivity contribution in [1.82, 2.24) is 15.1 Å². The number of pyridine rings is 1. The molecule has 0 spiro atoms. The molecule has 3 heterocycles. The molecule has 0 fully saturated rings. The first-order chi connectivity index (χ1) is 11.1. The van der Waals surface area contributed by atoms with E-state index in [1.165, 1.54) is 0 Å². The molecule has 1 aromatic carbocycles. The van der Waals surface area contributed by atoms with Crippen molar-refractivity contribution in [2.24, 2.45) is 0 Å². The van der Waals surface area contributed by atoms with E-state index in [2.05, 4.69) is 35.0 Å². The van der Waals surface area contributed by atoms with Gasteiger partial charge < -0.3 is 9.26 Å². The third-order valence-electron chi connectivity index (χ3n) is 4.05. The van der Waals surface area contributed by atoms with E-state index in [1.54, 1.807) is 12.4 Å². The molecule has 5 heteroatoms. The molecule has 0 saturated carbocycles. The smallest absolute Gasteiger partial charge is 0.234 e.